The van der Waals surface area contributed by atoms with Crippen molar-refractivity contribution < 1.29 is 28.5 Å². The first-order valence-corrected chi connectivity index (χ1v) is 7.34. The minimum absolute atomic E-state index is 0.183. The second-order valence-electron chi connectivity index (χ2n) is 4.15. The van der Waals surface area contributed by atoms with Crippen LogP contribution in [0.2, 0.25) is 6.04 Å². The van der Waals surface area contributed by atoms with Crippen LogP contribution in [0.3, 0.4) is 0 Å². The summed E-state index contributed by atoms with van der Waals surface area (Å²) >= 11 is 0. The van der Waals surface area contributed by atoms with Gasteiger partial charge in [-0.3, -0.25) is 9.59 Å². The van der Waals surface area contributed by atoms with Crippen LogP contribution < -0.4 is 0 Å². The molecule has 0 radical (unpaired) electrons. The molecule has 1 heterocycles. The Morgan fingerprint density at radius 1 is 1.39 bits per heavy atom. The largest absolute Gasteiger partial charge is 0.393 e. The van der Waals surface area contributed by atoms with E-state index in [2.05, 4.69) is 4.74 Å². The fourth-order valence-electron chi connectivity index (χ4n) is 2.45. The van der Waals surface area contributed by atoms with Crippen LogP contribution in [-0.4, -0.2) is 55.4 Å². The zero-order chi connectivity index (χ0) is 13.8. The number of methoxy groups -OCH3 is 3. The minimum Gasteiger partial charge on any atom is -0.393 e. The number of ether oxygens (including phenoxy) is 4. The molecule has 0 aromatic carbocycles. The topological polar surface area (TPSA) is 71.1 Å². The Morgan fingerprint density at radius 2 is 2.00 bits per heavy atom. The Bertz CT molecular complexity index is 311. The Morgan fingerprint density at radius 3 is 2.39 bits per heavy atom. The molecule has 0 N–H and O–H groups in total. The van der Waals surface area contributed by atoms with Gasteiger partial charge in [0.05, 0.1) is 0 Å². The number of rotatable bonds is 6. The molecule has 0 aliphatic carbocycles. The highest BCUT2D eigenvalue weighted by molar-refractivity contribution is 6.09. The molecule has 2 atom stereocenters. The summed E-state index contributed by atoms with van der Waals surface area (Å²) in [5, 5.41) is 0. The van der Waals surface area contributed by atoms with Gasteiger partial charge in [-0.1, -0.05) is 0 Å². The van der Waals surface area contributed by atoms with Gasteiger partial charge in [-0.2, -0.15) is 0 Å². The van der Waals surface area contributed by atoms with Gasteiger partial charge in [0.15, 0.2) is 0 Å². The van der Waals surface area contributed by atoms with Crippen molar-refractivity contribution in [3.8, 4) is 0 Å². The average Bonchev–Trinajstić information content (AvgIpc) is 2.37. The van der Waals surface area contributed by atoms with Gasteiger partial charge < -0.3 is 18.9 Å². The number of carbonyl (C=O) groups excluding carboxylic acids is 2. The zero-order valence-electron chi connectivity index (χ0n) is 11.2. The summed E-state index contributed by atoms with van der Waals surface area (Å²) in [5.74, 6) is -2.94. The van der Waals surface area contributed by atoms with Gasteiger partial charge in [0.2, 0.25) is 5.79 Å². The van der Waals surface area contributed by atoms with Crippen LogP contribution in [-0.2, 0) is 28.5 Å². The third-order valence-corrected chi connectivity index (χ3v) is 4.11. The SMILES string of the molecule is COC(C[SiH3])C(OC)(OC)C1CCC(=O)OC1=O. The lowest BCUT2D eigenvalue weighted by molar-refractivity contribution is -0.290. The van der Waals surface area contributed by atoms with Crippen LogP contribution in [0.5, 0.6) is 0 Å². The van der Waals surface area contributed by atoms with Gasteiger partial charge in [0.25, 0.3) is 0 Å². The van der Waals surface area contributed by atoms with Crippen molar-refractivity contribution in [2.45, 2.75) is 30.8 Å². The van der Waals surface area contributed by atoms with Gasteiger partial charge in [-0.15, -0.1) is 0 Å². The molecule has 0 spiro atoms. The highest BCUT2D eigenvalue weighted by Gasteiger charge is 2.52. The second kappa shape index (κ2) is 6.42. The lowest BCUT2D eigenvalue weighted by atomic mass is 9.88. The molecule has 0 bridgehead atoms. The van der Waals surface area contributed by atoms with Gasteiger partial charge >= 0.3 is 11.9 Å². The summed E-state index contributed by atoms with van der Waals surface area (Å²) in [6.07, 6.45) is 0.174. The van der Waals surface area contributed by atoms with Crippen molar-refractivity contribution >= 4 is 22.2 Å². The Labute approximate surface area is 109 Å². The maximum atomic E-state index is 11.9. The van der Waals surface area contributed by atoms with Crippen LogP contribution in [0, 0.1) is 5.92 Å². The molecule has 1 fully saturated rings. The van der Waals surface area contributed by atoms with Gasteiger partial charge in [0.1, 0.15) is 12.0 Å². The van der Waals surface area contributed by atoms with Crippen molar-refractivity contribution in [2.75, 3.05) is 21.3 Å². The van der Waals surface area contributed by atoms with Crippen LogP contribution >= 0.6 is 0 Å². The van der Waals surface area contributed by atoms with E-state index < -0.39 is 23.6 Å². The number of carbonyl (C=O) groups is 2. The van der Waals surface area contributed by atoms with E-state index in [1.165, 1.54) is 14.2 Å². The van der Waals surface area contributed by atoms with E-state index in [9.17, 15) is 9.59 Å². The first-order valence-electron chi connectivity index (χ1n) is 5.93. The Balaban J connectivity index is 3.03. The third kappa shape index (κ3) is 2.63. The molecule has 1 rings (SSSR count). The predicted molar refractivity (Wildman–Crippen MR) is 66.1 cm³/mol. The Hall–Kier alpha value is -0.763. The maximum absolute atomic E-state index is 11.9. The van der Waals surface area contributed by atoms with E-state index in [1.54, 1.807) is 7.11 Å². The number of esters is 2. The van der Waals surface area contributed by atoms with Gasteiger partial charge in [-0.05, 0) is 12.5 Å². The summed E-state index contributed by atoms with van der Waals surface area (Å²) in [6, 6.07) is 0.746. The van der Waals surface area contributed by atoms with E-state index in [0.717, 1.165) is 16.3 Å². The van der Waals surface area contributed by atoms with E-state index in [1.807, 2.05) is 0 Å². The fourth-order valence-corrected chi connectivity index (χ4v) is 3.35. The lowest BCUT2D eigenvalue weighted by Crippen LogP contribution is -2.57. The first-order chi connectivity index (χ1) is 8.55. The Kier molecular flexibility index (Phi) is 5.45. The van der Waals surface area contributed by atoms with E-state index in [0.29, 0.717) is 6.42 Å². The third-order valence-electron chi connectivity index (χ3n) is 3.36. The zero-order valence-corrected chi connectivity index (χ0v) is 13.2. The smallest absolute Gasteiger partial charge is 0.322 e. The van der Waals surface area contributed by atoms with E-state index >= 15 is 0 Å². The average molecular weight is 276 g/mol. The molecule has 1 aliphatic rings. The molecule has 18 heavy (non-hydrogen) atoms. The molecule has 0 amide bonds. The van der Waals surface area contributed by atoms with Crippen molar-refractivity contribution in [3.05, 3.63) is 0 Å². The molecule has 1 saturated heterocycles. The molecule has 0 aromatic heterocycles. The quantitative estimate of drug-likeness (QED) is 0.275. The fraction of sp³-hybridized carbons (Fsp3) is 0.818. The maximum Gasteiger partial charge on any atom is 0.322 e. The first kappa shape index (κ1) is 15.3. The summed E-state index contributed by atoms with van der Waals surface area (Å²) in [4.78, 5) is 22.9. The summed E-state index contributed by atoms with van der Waals surface area (Å²) in [7, 11) is 5.36. The van der Waals surface area contributed by atoms with Gasteiger partial charge in [-0.25, -0.2) is 0 Å². The molecule has 7 heteroatoms. The van der Waals surface area contributed by atoms with Crippen molar-refractivity contribution in [1.29, 1.82) is 0 Å². The number of hydrogen-bond acceptors (Lipinski definition) is 6. The standard InChI is InChI=1S/C11H20O6Si/c1-14-8(6-18)11(15-2,16-3)7-4-5-9(12)17-10(7)13/h7-8H,4-6H2,1-3,18H3. The second-order valence-corrected chi connectivity index (χ2v) is 4.96. The van der Waals surface area contributed by atoms with Crippen LogP contribution in [0.15, 0.2) is 0 Å². The highest BCUT2D eigenvalue weighted by Crippen LogP contribution is 2.36. The minimum atomic E-state index is -1.19. The predicted octanol–water partition coefficient (Wildman–Crippen LogP) is -0.746. The van der Waals surface area contributed by atoms with E-state index in [-0.39, 0.29) is 12.5 Å². The molecular formula is C11H20O6Si. The van der Waals surface area contributed by atoms with E-state index in [4.69, 9.17) is 14.2 Å². The van der Waals surface area contributed by atoms with Crippen molar-refractivity contribution in [2.24, 2.45) is 5.92 Å². The monoisotopic (exact) mass is 276 g/mol. The molecular weight excluding hydrogens is 256 g/mol. The summed E-state index contributed by atoms with van der Waals surface area (Å²) in [6.45, 7) is 0. The van der Waals surface area contributed by atoms with Crippen LogP contribution in [0.25, 0.3) is 0 Å². The number of hydrogen-bond donors (Lipinski definition) is 0. The molecule has 104 valence electrons. The van der Waals surface area contributed by atoms with Gasteiger partial charge in [0, 0.05) is 38.0 Å². The molecule has 6 nitrogen and oxygen atoms in total. The van der Waals surface area contributed by atoms with Crippen LogP contribution in [0.4, 0.5) is 0 Å². The summed E-state index contributed by atoms with van der Waals surface area (Å²) < 4.78 is 20.9. The molecule has 0 aromatic rings. The number of cyclic esters (lactones) is 2. The normalized spacial score (nSPS) is 22.9. The molecule has 1 aliphatic heterocycles. The molecule has 0 saturated carbocycles. The highest BCUT2D eigenvalue weighted by atomic mass is 28.1. The summed E-state index contributed by atoms with van der Waals surface area (Å²) in [5.41, 5.74) is 0. The van der Waals surface area contributed by atoms with Crippen molar-refractivity contribution in [1.82, 2.24) is 0 Å². The van der Waals surface area contributed by atoms with Crippen molar-refractivity contribution in [3.63, 3.8) is 0 Å². The molecule has 2 unspecified atom stereocenters. The lowest BCUT2D eigenvalue weighted by Gasteiger charge is -2.42. The van der Waals surface area contributed by atoms with Crippen LogP contribution in [0.1, 0.15) is 12.8 Å².